The first-order chi connectivity index (χ1) is 11.8. The summed E-state index contributed by atoms with van der Waals surface area (Å²) >= 11 is 0. The fraction of sp³-hybridized carbons (Fsp3) is 0.667. The van der Waals surface area contributed by atoms with E-state index in [9.17, 15) is 9.90 Å². The fourth-order valence-corrected chi connectivity index (χ4v) is 4.36. The Morgan fingerprint density at radius 1 is 1.00 bits per heavy atom. The minimum Gasteiger partial charge on any atom is -0.481 e. The maximum Gasteiger partial charge on any atom is 0.314 e. The molecule has 25 heavy (non-hydrogen) atoms. The number of aliphatic carboxylic acids is 1. The number of carboxylic acids is 1. The van der Waals surface area contributed by atoms with Crippen LogP contribution in [0.2, 0.25) is 0 Å². The first kappa shape index (κ1) is 19.9. The van der Waals surface area contributed by atoms with Crippen molar-refractivity contribution in [1.29, 1.82) is 0 Å². The van der Waals surface area contributed by atoms with Crippen LogP contribution in [-0.2, 0) is 10.2 Å². The van der Waals surface area contributed by atoms with E-state index >= 15 is 0 Å². The van der Waals surface area contributed by atoms with Crippen molar-refractivity contribution in [3.05, 3.63) is 35.9 Å². The van der Waals surface area contributed by atoms with Gasteiger partial charge >= 0.3 is 5.97 Å². The average molecular weight is 347 g/mol. The van der Waals surface area contributed by atoms with Crippen LogP contribution >= 0.6 is 0 Å². The van der Waals surface area contributed by atoms with Crippen LogP contribution in [0.3, 0.4) is 0 Å². The molecule has 0 aromatic heterocycles. The van der Waals surface area contributed by atoms with E-state index in [-0.39, 0.29) is 5.41 Å². The second-order valence-electron chi connectivity index (χ2n) is 8.07. The van der Waals surface area contributed by atoms with Gasteiger partial charge in [-0.25, -0.2) is 0 Å². The Morgan fingerprint density at radius 3 is 1.88 bits per heavy atom. The summed E-state index contributed by atoms with van der Waals surface area (Å²) in [5.41, 5.74) is 0.0121. The molecule has 0 radical (unpaired) electrons. The molecule has 3 N–H and O–H groups in total. The van der Waals surface area contributed by atoms with Crippen molar-refractivity contribution in [2.24, 2.45) is 5.41 Å². The number of carboxylic acid groups (broad SMARTS) is 1. The summed E-state index contributed by atoms with van der Waals surface area (Å²) in [4.78, 5) is 12.5. The zero-order chi connectivity index (χ0) is 18.5. The summed E-state index contributed by atoms with van der Waals surface area (Å²) in [5.74, 6) is -0.668. The number of hydrogen-bond donors (Lipinski definition) is 3. The van der Waals surface area contributed by atoms with Crippen LogP contribution in [0, 0.1) is 5.41 Å². The molecule has 1 aromatic rings. The van der Waals surface area contributed by atoms with Crippen molar-refractivity contribution in [3.63, 3.8) is 0 Å². The Labute approximate surface area is 152 Å². The van der Waals surface area contributed by atoms with Gasteiger partial charge in [0.05, 0.1) is 5.41 Å². The molecule has 1 saturated carbocycles. The molecule has 0 aliphatic heterocycles. The van der Waals surface area contributed by atoms with E-state index in [2.05, 4.69) is 38.3 Å². The molecule has 0 heterocycles. The third-order valence-electron chi connectivity index (χ3n) is 5.83. The van der Waals surface area contributed by atoms with E-state index in [4.69, 9.17) is 0 Å². The molecular weight excluding hydrogens is 312 g/mol. The highest BCUT2D eigenvalue weighted by Gasteiger charge is 2.63. The molecular formula is C21H34N2O2. The van der Waals surface area contributed by atoms with Gasteiger partial charge in [0.2, 0.25) is 0 Å². The van der Waals surface area contributed by atoms with Gasteiger partial charge in [0, 0.05) is 12.1 Å². The summed E-state index contributed by atoms with van der Waals surface area (Å²) < 4.78 is 0. The highest BCUT2D eigenvalue weighted by Crippen LogP contribution is 2.62. The van der Waals surface area contributed by atoms with Gasteiger partial charge in [-0.2, -0.15) is 0 Å². The molecule has 1 aliphatic rings. The minimum atomic E-state index is -0.758. The normalized spacial score (nSPS) is 22.2. The van der Waals surface area contributed by atoms with Crippen molar-refractivity contribution >= 4 is 5.97 Å². The average Bonchev–Trinajstić information content (AvgIpc) is 2.53. The van der Waals surface area contributed by atoms with E-state index < -0.39 is 11.4 Å². The SMILES string of the molecule is CC(C)NCCC1(CCNC(C)C)CCC1(C(=O)O)c1ccccc1. The summed E-state index contributed by atoms with van der Waals surface area (Å²) in [6.07, 6.45) is 3.50. The Balaban J connectivity index is 2.29. The number of hydrogen-bond acceptors (Lipinski definition) is 3. The molecule has 1 unspecified atom stereocenters. The second kappa shape index (κ2) is 8.33. The lowest BCUT2D eigenvalue weighted by Gasteiger charge is -2.58. The Hall–Kier alpha value is -1.39. The topological polar surface area (TPSA) is 61.4 Å². The van der Waals surface area contributed by atoms with Crippen LogP contribution in [0.15, 0.2) is 30.3 Å². The van der Waals surface area contributed by atoms with Crippen LogP contribution in [0.4, 0.5) is 0 Å². The van der Waals surface area contributed by atoms with E-state index in [0.717, 1.165) is 44.3 Å². The molecule has 0 bridgehead atoms. The Kier molecular flexibility index (Phi) is 6.64. The molecule has 140 valence electrons. The number of nitrogens with one attached hydrogen (secondary N) is 2. The third kappa shape index (κ3) is 4.06. The lowest BCUT2D eigenvalue weighted by molar-refractivity contribution is -0.162. The zero-order valence-corrected chi connectivity index (χ0v) is 16.1. The lowest BCUT2D eigenvalue weighted by Crippen LogP contribution is -2.61. The first-order valence-electron chi connectivity index (χ1n) is 9.60. The smallest absolute Gasteiger partial charge is 0.314 e. The monoisotopic (exact) mass is 346 g/mol. The molecule has 4 nitrogen and oxygen atoms in total. The van der Waals surface area contributed by atoms with Crippen LogP contribution in [-0.4, -0.2) is 36.2 Å². The molecule has 0 saturated heterocycles. The van der Waals surface area contributed by atoms with Gasteiger partial charge in [0.1, 0.15) is 0 Å². The van der Waals surface area contributed by atoms with E-state index in [1.54, 1.807) is 0 Å². The highest BCUT2D eigenvalue weighted by atomic mass is 16.4. The Morgan fingerprint density at radius 2 is 1.52 bits per heavy atom. The molecule has 1 aromatic carbocycles. The molecule has 1 aliphatic carbocycles. The predicted molar refractivity (Wildman–Crippen MR) is 103 cm³/mol. The fourth-order valence-electron chi connectivity index (χ4n) is 4.36. The molecule has 0 amide bonds. The third-order valence-corrected chi connectivity index (χ3v) is 5.83. The Bertz CT molecular complexity index is 542. The summed E-state index contributed by atoms with van der Waals surface area (Å²) in [5, 5.41) is 17.2. The first-order valence-corrected chi connectivity index (χ1v) is 9.60. The maximum atomic E-state index is 12.5. The number of carbonyl (C=O) groups is 1. The molecule has 1 fully saturated rings. The van der Waals surface area contributed by atoms with Gasteiger partial charge in [0.15, 0.2) is 0 Å². The van der Waals surface area contributed by atoms with Gasteiger partial charge in [-0.1, -0.05) is 58.0 Å². The summed E-state index contributed by atoms with van der Waals surface area (Å²) in [7, 11) is 0. The number of rotatable bonds is 10. The van der Waals surface area contributed by atoms with Gasteiger partial charge < -0.3 is 15.7 Å². The van der Waals surface area contributed by atoms with Crippen molar-refractivity contribution in [3.8, 4) is 0 Å². The van der Waals surface area contributed by atoms with Gasteiger partial charge in [-0.05, 0) is 49.8 Å². The van der Waals surface area contributed by atoms with Crippen molar-refractivity contribution in [1.82, 2.24) is 10.6 Å². The number of benzene rings is 1. The highest BCUT2D eigenvalue weighted by molar-refractivity contribution is 5.84. The molecule has 2 rings (SSSR count). The summed E-state index contributed by atoms with van der Waals surface area (Å²) in [6, 6.07) is 10.7. The van der Waals surface area contributed by atoms with Crippen molar-refractivity contribution in [2.75, 3.05) is 13.1 Å². The second-order valence-corrected chi connectivity index (χ2v) is 8.07. The zero-order valence-electron chi connectivity index (χ0n) is 16.1. The lowest BCUT2D eigenvalue weighted by atomic mass is 9.44. The molecule has 1 atom stereocenters. The van der Waals surface area contributed by atoms with Gasteiger partial charge in [-0.15, -0.1) is 0 Å². The van der Waals surface area contributed by atoms with Crippen LogP contribution in [0.5, 0.6) is 0 Å². The van der Waals surface area contributed by atoms with Crippen molar-refractivity contribution < 1.29 is 9.90 Å². The van der Waals surface area contributed by atoms with Crippen LogP contribution in [0.25, 0.3) is 0 Å². The molecule has 0 spiro atoms. The van der Waals surface area contributed by atoms with Gasteiger partial charge in [0.25, 0.3) is 0 Å². The largest absolute Gasteiger partial charge is 0.481 e. The minimum absolute atomic E-state index is 0.191. The quantitative estimate of drug-likeness (QED) is 0.606. The van der Waals surface area contributed by atoms with Crippen LogP contribution in [0.1, 0.15) is 58.9 Å². The van der Waals surface area contributed by atoms with E-state index in [1.165, 1.54) is 0 Å². The van der Waals surface area contributed by atoms with E-state index in [1.807, 2.05) is 30.3 Å². The predicted octanol–water partition coefficient (Wildman–Crippen LogP) is 3.57. The standard InChI is InChI=1S/C21H34N2O2/c1-16(2)22-14-12-20(13-15-23-17(3)4)10-11-21(20,19(24)25)18-8-6-5-7-9-18/h5-9,16-17,22-23H,10-15H2,1-4H3,(H,24,25). The van der Waals surface area contributed by atoms with Crippen molar-refractivity contribution in [2.45, 2.75) is 70.9 Å². The molecule has 4 heteroatoms. The van der Waals surface area contributed by atoms with Gasteiger partial charge in [-0.3, -0.25) is 4.79 Å². The van der Waals surface area contributed by atoms with Crippen LogP contribution < -0.4 is 10.6 Å². The van der Waals surface area contributed by atoms with E-state index in [0.29, 0.717) is 12.1 Å². The maximum absolute atomic E-state index is 12.5. The summed E-state index contributed by atoms with van der Waals surface area (Å²) in [6.45, 7) is 10.3.